The van der Waals surface area contributed by atoms with E-state index in [-0.39, 0.29) is 99.2 Å². The summed E-state index contributed by atoms with van der Waals surface area (Å²) in [6.07, 6.45) is 0. The minimum absolute atomic E-state index is 0. The summed E-state index contributed by atoms with van der Waals surface area (Å²) in [5.41, 5.74) is 0. The van der Waals surface area contributed by atoms with Gasteiger partial charge in [0.1, 0.15) is 0 Å². The summed E-state index contributed by atoms with van der Waals surface area (Å²) in [6, 6.07) is 0. The standard InChI is InChI=1S/Ba.O.Pb.Ti.2H/q+2;;;;2*-1. The monoisotopic (exact) mass is 412 g/mol. The molecule has 0 unspecified atom stereocenters. The molecule has 2 radical (unpaired) electrons. The summed E-state index contributed by atoms with van der Waals surface area (Å²) in [4.78, 5) is 0. The molecule has 0 aromatic carbocycles. The predicted molar refractivity (Wildman–Crippen MR) is 14.4 cm³/mol. The Morgan fingerprint density at radius 2 is 1.50 bits per heavy atom. The Morgan fingerprint density at radius 3 is 1.50 bits per heavy atom. The van der Waals surface area contributed by atoms with Gasteiger partial charge in [0, 0.05) is 21.7 Å². The predicted octanol–water partition coefficient (Wildman–Crippen LogP) is -0.658. The van der Waals surface area contributed by atoms with E-state index >= 15 is 0 Å². The van der Waals surface area contributed by atoms with Gasteiger partial charge in [0.05, 0.1) is 0 Å². The van der Waals surface area contributed by atoms with E-state index in [2.05, 4.69) is 0 Å². The molecule has 0 bridgehead atoms. The Hall–Kier alpha value is 3.01. The Kier molecular flexibility index (Phi) is 65.6. The van der Waals surface area contributed by atoms with Crippen molar-refractivity contribution in [1.82, 2.24) is 0 Å². The van der Waals surface area contributed by atoms with Gasteiger partial charge in [0.15, 0.2) is 0 Å². The maximum Gasteiger partial charge on any atom is 0 e. The zero-order chi connectivity index (χ0) is 2.00. The van der Waals surface area contributed by atoms with Crippen LogP contribution < -0.4 is 0 Å². The fraction of sp³-hybridized carbons (Fsp3) is 0. The van der Waals surface area contributed by atoms with Crippen LogP contribution in [0, 0.1) is 0 Å². The van der Waals surface area contributed by atoms with Gasteiger partial charge in [-0.05, 0) is 0 Å². The normalized spacial score (nSPS) is 1.00. The molecule has 0 saturated carbocycles. The van der Waals surface area contributed by atoms with Gasteiger partial charge in [-0.15, -0.1) is 0 Å². The van der Waals surface area contributed by atoms with Gasteiger partial charge in [-0.1, -0.05) is 0 Å². The average molecular weight is 410 g/mol. The number of hydrogen-bond donors (Lipinski definition) is 0. The van der Waals surface area contributed by atoms with Crippen molar-refractivity contribution in [2.24, 2.45) is 0 Å². The molecule has 0 heterocycles. The van der Waals surface area contributed by atoms with Gasteiger partial charge >= 0.3 is 77.3 Å². The molecule has 0 spiro atoms. The second kappa shape index (κ2) is 16.7. The van der Waals surface area contributed by atoms with Crippen molar-refractivity contribution in [3.63, 3.8) is 0 Å². The van der Waals surface area contributed by atoms with Gasteiger partial charge < -0.3 is 2.85 Å². The summed E-state index contributed by atoms with van der Waals surface area (Å²) in [5.74, 6) is 0. The van der Waals surface area contributed by atoms with Crippen LogP contribution in [-0.4, -0.2) is 74.7 Å². The van der Waals surface area contributed by atoms with E-state index in [0.29, 0.717) is 0 Å². The van der Waals surface area contributed by atoms with E-state index in [1.54, 1.807) is 0 Å². The van der Waals surface area contributed by atoms with Crippen LogP contribution in [0.15, 0.2) is 0 Å². The second-order valence-corrected chi connectivity index (χ2v) is 0. The van der Waals surface area contributed by atoms with Crippen LogP contribution in [0.5, 0.6) is 0 Å². The molecular weight excluding hydrogens is 408 g/mol. The van der Waals surface area contributed by atoms with E-state index in [1.165, 1.54) is 0 Å². The fourth-order valence-electron chi connectivity index (χ4n) is 0. The largest absolute Gasteiger partial charge is 0 e. The maximum absolute atomic E-state index is 8.39. The van der Waals surface area contributed by atoms with E-state index in [4.69, 9.17) is 2.69 Å². The van der Waals surface area contributed by atoms with Crippen LogP contribution in [0.1, 0.15) is 2.85 Å². The van der Waals surface area contributed by atoms with Crippen molar-refractivity contribution in [2.45, 2.75) is 0 Å². The third-order valence-electron chi connectivity index (χ3n) is 0. The Morgan fingerprint density at radius 1 is 1.50 bits per heavy atom. The van der Waals surface area contributed by atoms with Crippen LogP contribution in [0.25, 0.3) is 0 Å². The molecule has 0 rings (SSSR count). The first-order chi connectivity index (χ1) is 1.00. The van der Waals surface area contributed by atoms with Crippen LogP contribution >= 0.6 is 0 Å². The molecule has 4 heavy (non-hydrogen) atoms. The van der Waals surface area contributed by atoms with Gasteiger partial charge in [-0.3, -0.25) is 0 Å². The second-order valence-electron chi connectivity index (χ2n) is 0. The first kappa shape index (κ1) is 15.7. The van der Waals surface area contributed by atoms with Crippen molar-refractivity contribution in [3.8, 4) is 0 Å². The van der Waals surface area contributed by atoms with Crippen molar-refractivity contribution in [3.05, 3.63) is 0 Å². The molecule has 0 aliphatic carbocycles. The fourth-order valence-corrected chi connectivity index (χ4v) is 0. The van der Waals surface area contributed by atoms with Gasteiger partial charge in [-0.2, -0.15) is 0 Å². The summed E-state index contributed by atoms with van der Waals surface area (Å²) in [6.45, 7) is 0. The molecule has 0 fully saturated rings. The van der Waals surface area contributed by atoms with E-state index < -0.39 is 0 Å². The van der Waals surface area contributed by atoms with E-state index in [1.807, 2.05) is 0 Å². The van der Waals surface area contributed by atoms with E-state index in [0.717, 1.165) is 0 Å². The smallest absolute Gasteiger partial charge is 0 e. The average Bonchev–Trinajstić information content (AvgIpc) is 1.00. The van der Waals surface area contributed by atoms with Crippen molar-refractivity contribution in [1.29, 1.82) is 0 Å². The summed E-state index contributed by atoms with van der Waals surface area (Å²) in [5, 5.41) is 0. The molecule has 18 valence electrons. The molecule has 1 nitrogen and oxygen atoms in total. The molecule has 0 aliphatic rings. The zero-order valence-corrected chi connectivity index (χ0v) is 12.0. The van der Waals surface area contributed by atoms with Crippen molar-refractivity contribution in [2.75, 3.05) is 0 Å². The van der Waals surface area contributed by atoms with Crippen LogP contribution in [-0.2, 0) is 24.4 Å². The molecular formula is H2BaOPbTi. The molecule has 0 saturated heterocycles. The van der Waals surface area contributed by atoms with Crippen LogP contribution in [0.4, 0.5) is 0 Å². The van der Waals surface area contributed by atoms with Crippen molar-refractivity contribution < 1.29 is 27.3 Å². The Labute approximate surface area is 99.4 Å². The molecule has 0 amide bonds. The Balaban J connectivity index is -0.000000000833. The molecule has 0 aromatic heterocycles. The van der Waals surface area contributed by atoms with Gasteiger partial charge in [0.2, 0.25) is 0 Å². The van der Waals surface area contributed by atoms with E-state index in [9.17, 15) is 0 Å². The number of rotatable bonds is 0. The topological polar surface area (TPSA) is 17.1 Å². The van der Waals surface area contributed by atoms with Crippen molar-refractivity contribution >= 4 is 74.7 Å². The first-order valence-corrected chi connectivity index (χ1v) is 1.79. The molecule has 0 aromatic rings. The molecule has 0 aliphatic heterocycles. The summed E-state index contributed by atoms with van der Waals surface area (Å²) < 4.78 is 8.39. The maximum atomic E-state index is 8.39. The quantitative estimate of drug-likeness (QED) is 0.485. The molecule has 4 heteroatoms. The van der Waals surface area contributed by atoms with Crippen LogP contribution in [0.2, 0.25) is 0 Å². The van der Waals surface area contributed by atoms with Gasteiger partial charge in [0.25, 0.3) is 0 Å². The summed E-state index contributed by atoms with van der Waals surface area (Å²) >= 11 is 0.0556. The minimum atomic E-state index is 0. The van der Waals surface area contributed by atoms with Gasteiger partial charge in [-0.25, -0.2) is 0 Å². The number of hydrogen-bond acceptors (Lipinski definition) is 1. The Bertz CT molecular complexity index is 13.5. The minimum Gasteiger partial charge on any atom is 0 e. The first-order valence-electron chi connectivity index (χ1n) is 0.204. The SMILES string of the molecule is [Ba+2].[H-].[H-].[O]=[Pb].[Ti]. The third-order valence-corrected chi connectivity index (χ3v) is 0. The summed E-state index contributed by atoms with van der Waals surface area (Å²) in [7, 11) is 0. The molecule has 0 atom stereocenters. The zero-order valence-electron chi connectivity index (χ0n) is 4.12. The van der Waals surface area contributed by atoms with Crippen LogP contribution in [0.3, 0.4) is 0 Å². The molecule has 0 N–H and O–H groups in total. The third kappa shape index (κ3) is 8.89.